The van der Waals surface area contributed by atoms with Crippen LogP contribution in [0.2, 0.25) is 0 Å². The summed E-state index contributed by atoms with van der Waals surface area (Å²) in [5.41, 5.74) is 3.80. The Balaban J connectivity index is 1.91. The van der Waals surface area contributed by atoms with E-state index in [0.29, 0.717) is 11.4 Å². The van der Waals surface area contributed by atoms with E-state index in [1.54, 1.807) is 13.0 Å². The molecule has 5 nitrogen and oxygen atoms in total. The summed E-state index contributed by atoms with van der Waals surface area (Å²) in [5.74, 6) is -0.385. The number of nitrogens with one attached hydrogen (secondary N) is 1. The van der Waals surface area contributed by atoms with Crippen molar-refractivity contribution in [2.75, 3.05) is 5.32 Å². The molecule has 0 heterocycles. The van der Waals surface area contributed by atoms with Gasteiger partial charge in [0.15, 0.2) is 12.2 Å². The molecule has 0 aliphatic heterocycles. The van der Waals surface area contributed by atoms with E-state index < -0.39 is 18.2 Å². The highest BCUT2D eigenvalue weighted by atomic mass is 16.6. The predicted molar refractivity (Wildman–Crippen MR) is 101 cm³/mol. The number of rotatable bonds is 6. The van der Waals surface area contributed by atoms with E-state index in [0.717, 1.165) is 16.7 Å². The van der Waals surface area contributed by atoms with Crippen LogP contribution in [0.25, 0.3) is 0 Å². The summed E-state index contributed by atoms with van der Waals surface area (Å²) in [6, 6.07) is 13.1. The van der Waals surface area contributed by atoms with Gasteiger partial charge in [-0.15, -0.1) is 0 Å². The molecular formula is C21H25NO4. The Morgan fingerprint density at radius 3 is 2.27 bits per heavy atom. The van der Waals surface area contributed by atoms with E-state index in [2.05, 4.69) is 5.32 Å². The SMILES string of the molecule is Cc1cccc(O[C@H](C)C(=O)O[C@H](C)C(=O)Nc2ccc(C)cc2C)c1. The highest BCUT2D eigenvalue weighted by molar-refractivity contribution is 5.95. The Labute approximate surface area is 154 Å². The summed E-state index contributed by atoms with van der Waals surface area (Å²) in [6.45, 7) is 8.97. The third-order valence-corrected chi connectivity index (χ3v) is 3.94. The minimum atomic E-state index is -0.924. The van der Waals surface area contributed by atoms with Crippen LogP contribution in [0.3, 0.4) is 0 Å². The quantitative estimate of drug-likeness (QED) is 0.797. The largest absolute Gasteiger partial charge is 0.479 e. The molecule has 0 spiro atoms. The van der Waals surface area contributed by atoms with Crippen LogP contribution in [-0.4, -0.2) is 24.1 Å². The van der Waals surface area contributed by atoms with Crippen molar-refractivity contribution in [2.45, 2.75) is 46.8 Å². The fourth-order valence-electron chi connectivity index (χ4n) is 2.45. The average Bonchev–Trinajstić information content (AvgIpc) is 2.57. The topological polar surface area (TPSA) is 64.6 Å². The Morgan fingerprint density at radius 1 is 0.923 bits per heavy atom. The third kappa shape index (κ3) is 5.34. The zero-order chi connectivity index (χ0) is 19.3. The van der Waals surface area contributed by atoms with Crippen molar-refractivity contribution >= 4 is 17.6 Å². The second kappa shape index (κ2) is 8.52. The van der Waals surface area contributed by atoms with Gasteiger partial charge in [0.25, 0.3) is 5.91 Å². The van der Waals surface area contributed by atoms with Gasteiger partial charge < -0.3 is 14.8 Å². The minimum absolute atomic E-state index is 0.381. The number of benzene rings is 2. The van der Waals surface area contributed by atoms with Gasteiger partial charge in [0, 0.05) is 5.69 Å². The van der Waals surface area contributed by atoms with Gasteiger partial charge >= 0.3 is 5.97 Å². The maximum absolute atomic E-state index is 12.3. The standard InChI is InChI=1S/C21H25NO4/c1-13-7-6-8-18(12-13)25-17(5)21(24)26-16(4)20(23)22-19-10-9-14(2)11-15(19)3/h6-12,16-17H,1-5H3,(H,22,23)/t16-,17-/m1/s1. The summed E-state index contributed by atoms with van der Waals surface area (Å²) in [7, 11) is 0. The number of carbonyl (C=O) groups is 2. The van der Waals surface area contributed by atoms with Crippen molar-refractivity contribution in [3.05, 3.63) is 59.2 Å². The number of anilines is 1. The molecular weight excluding hydrogens is 330 g/mol. The Kier molecular flexibility index (Phi) is 6.39. The molecule has 0 fully saturated rings. The molecule has 0 aliphatic rings. The molecule has 138 valence electrons. The van der Waals surface area contributed by atoms with Crippen LogP contribution in [-0.2, 0) is 14.3 Å². The lowest BCUT2D eigenvalue weighted by Crippen LogP contribution is -2.35. The number of ether oxygens (including phenoxy) is 2. The van der Waals surface area contributed by atoms with Crippen molar-refractivity contribution in [1.82, 2.24) is 0 Å². The first-order chi connectivity index (χ1) is 12.3. The van der Waals surface area contributed by atoms with E-state index in [-0.39, 0.29) is 5.91 Å². The fraction of sp³-hybridized carbons (Fsp3) is 0.333. The van der Waals surface area contributed by atoms with Gasteiger partial charge in [-0.25, -0.2) is 4.79 Å². The van der Waals surface area contributed by atoms with Crippen molar-refractivity contribution in [3.63, 3.8) is 0 Å². The molecule has 0 radical (unpaired) electrons. The van der Waals surface area contributed by atoms with E-state index in [1.807, 2.05) is 57.2 Å². The highest BCUT2D eigenvalue weighted by Gasteiger charge is 2.23. The van der Waals surface area contributed by atoms with Crippen LogP contribution in [0.4, 0.5) is 5.69 Å². The van der Waals surface area contributed by atoms with Gasteiger partial charge in [0.1, 0.15) is 5.75 Å². The number of esters is 1. The van der Waals surface area contributed by atoms with Crippen LogP contribution in [0, 0.1) is 20.8 Å². The van der Waals surface area contributed by atoms with Gasteiger partial charge in [-0.2, -0.15) is 0 Å². The van der Waals surface area contributed by atoms with Crippen molar-refractivity contribution in [1.29, 1.82) is 0 Å². The zero-order valence-corrected chi connectivity index (χ0v) is 15.8. The van der Waals surface area contributed by atoms with E-state index in [4.69, 9.17) is 9.47 Å². The van der Waals surface area contributed by atoms with Gasteiger partial charge in [0.2, 0.25) is 0 Å². The van der Waals surface area contributed by atoms with Gasteiger partial charge in [0.05, 0.1) is 0 Å². The van der Waals surface area contributed by atoms with Crippen molar-refractivity contribution in [3.8, 4) is 5.75 Å². The summed E-state index contributed by atoms with van der Waals surface area (Å²) in [4.78, 5) is 24.5. The minimum Gasteiger partial charge on any atom is -0.479 e. The lowest BCUT2D eigenvalue weighted by molar-refractivity contribution is -0.159. The molecule has 5 heteroatoms. The van der Waals surface area contributed by atoms with Crippen molar-refractivity contribution in [2.24, 2.45) is 0 Å². The number of aryl methyl sites for hydroxylation is 3. The maximum atomic E-state index is 12.3. The molecule has 2 aromatic rings. The molecule has 0 bridgehead atoms. The first kappa shape index (κ1) is 19.5. The van der Waals surface area contributed by atoms with Crippen molar-refractivity contribution < 1.29 is 19.1 Å². The number of hydrogen-bond donors (Lipinski definition) is 1. The average molecular weight is 355 g/mol. The van der Waals surface area contributed by atoms with Crippen LogP contribution >= 0.6 is 0 Å². The molecule has 2 rings (SSSR count). The number of carbonyl (C=O) groups excluding carboxylic acids is 2. The van der Waals surface area contributed by atoms with Crippen LogP contribution in [0.1, 0.15) is 30.5 Å². The summed E-state index contributed by atoms with van der Waals surface area (Å²) in [6.07, 6.45) is -1.74. The second-order valence-electron chi connectivity index (χ2n) is 6.46. The first-order valence-corrected chi connectivity index (χ1v) is 8.58. The van der Waals surface area contributed by atoms with Crippen LogP contribution in [0.15, 0.2) is 42.5 Å². The summed E-state index contributed by atoms with van der Waals surface area (Å²) < 4.78 is 10.8. The monoisotopic (exact) mass is 355 g/mol. The van der Waals surface area contributed by atoms with Crippen LogP contribution < -0.4 is 10.1 Å². The van der Waals surface area contributed by atoms with Gasteiger partial charge in [-0.1, -0.05) is 29.8 Å². The van der Waals surface area contributed by atoms with Gasteiger partial charge in [-0.3, -0.25) is 4.79 Å². The highest BCUT2D eigenvalue weighted by Crippen LogP contribution is 2.17. The molecule has 26 heavy (non-hydrogen) atoms. The van der Waals surface area contributed by atoms with E-state index in [9.17, 15) is 9.59 Å². The molecule has 0 unspecified atom stereocenters. The molecule has 1 N–H and O–H groups in total. The molecule has 0 saturated heterocycles. The Hall–Kier alpha value is -2.82. The number of hydrogen-bond acceptors (Lipinski definition) is 4. The Bertz CT molecular complexity index is 800. The normalized spacial score (nSPS) is 12.8. The van der Waals surface area contributed by atoms with E-state index >= 15 is 0 Å². The second-order valence-corrected chi connectivity index (χ2v) is 6.46. The smallest absolute Gasteiger partial charge is 0.347 e. The lowest BCUT2D eigenvalue weighted by atomic mass is 10.1. The first-order valence-electron chi connectivity index (χ1n) is 8.58. The third-order valence-electron chi connectivity index (χ3n) is 3.94. The zero-order valence-electron chi connectivity index (χ0n) is 15.8. The predicted octanol–water partition coefficient (Wildman–Crippen LogP) is 3.95. The summed E-state index contributed by atoms with van der Waals surface area (Å²) in [5, 5.41) is 2.78. The maximum Gasteiger partial charge on any atom is 0.347 e. The molecule has 0 aromatic heterocycles. The fourth-order valence-corrected chi connectivity index (χ4v) is 2.45. The molecule has 2 atom stereocenters. The molecule has 1 amide bonds. The summed E-state index contributed by atoms with van der Waals surface area (Å²) >= 11 is 0. The molecule has 0 saturated carbocycles. The number of amides is 1. The van der Waals surface area contributed by atoms with Gasteiger partial charge in [-0.05, 0) is 63.9 Å². The van der Waals surface area contributed by atoms with E-state index in [1.165, 1.54) is 6.92 Å². The Morgan fingerprint density at radius 2 is 1.62 bits per heavy atom. The lowest BCUT2D eigenvalue weighted by Gasteiger charge is -2.18. The van der Waals surface area contributed by atoms with Crippen LogP contribution in [0.5, 0.6) is 5.75 Å². The molecule has 2 aromatic carbocycles. The molecule has 0 aliphatic carbocycles.